The number of hydrogen-bond donors (Lipinski definition) is 5. The number of carboxylic acid groups (broad SMARTS) is 1. The number of nitrogens with one attached hydrogen (secondary N) is 1. The molecule has 0 unspecified atom stereocenters. The first-order valence-electron chi connectivity index (χ1n) is 12.6. The van der Waals surface area contributed by atoms with Gasteiger partial charge in [0, 0.05) is 11.5 Å². The number of carbonyl (C=O) groups is 3. The summed E-state index contributed by atoms with van der Waals surface area (Å²) in [6.07, 6.45) is 8.11. The van der Waals surface area contributed by atoms with Crippen LogP contribution in [-0.4, -0.2) is 56.7 Å². The molecular weight excluding hydrogens is 530 g/mol. The number of terminal acetylenes is 1. The van der Waals surface area contributed by atoms with Crippen LogP contribution in [0.1, 0.15) is 51.3 Å². The predicted molar refractivity (Wildman–Crippen MR) is 143 cm³/mol. The third-order valence-corrected chi connectivity index (χ3v) is 8.65. The van der Waals surface area contributed by atoms with Gasteiger partial charge in [0.1, 0.15) is 40.3 Å². The van der Waals surface area contributed by atoms with Crippen molar-refractivity contribution in [2.45, 2.75) is 31.1 Å². The summed E-state index contributed by atoms with van der Waals surface area (Å²) in [4.78, 5) is 39.9. The molecule has 41 heavy (non-hydrogen) atoms. The van der Waals surface area contributed by atoms with Gasteiger partial charge < -0.3 is 35.2 Å². The van der Waals surface area contributed by atoms with E-state index in [4.69, 9.17) is 15.9 Å². The topological polar surface area (TPSA) is 166 Å². The van der Waals surface area contributed by atoms with Crippen molar-refractivity contribution in [3.63, 3.8) is 0 Å². The lowest BCUT2D eigenvalue weighted by Gasteiger charge is -2.43. The highest BCUT2D eigenvalue weighted by Gasteiger charge is 2.84. The fourth-order valence-corrected chi connectivity index (χ4v) is 7.00. The van der Waals surface area contributed by atoms with Gasteiger partial charge in [-0.1, -0.05) is 31.6 Å². The van der Waals surface area contributed by atoms with Gasteiger partial charge in [0.2, 0.25) is 11.6 Å². The Morgan fingerprint density at radius 3 is 2.22 bits per heavy atom. The average Bonchev–Trinajstić information content (AvgIpc) is 3.66. The number of phenolic OH excluding ortho intramolecular Hbond substituents is 3. The highest BCUT2D eigenvalue weighted by molar-refractivity contribution is 6.33. The second kappa shape index (κ2) is 8.40. The van der Waals surface area contributed by atoms with Crippen molar-refractivity contribution in [3.8, 4) is 41.4 Å². The van der Waals surface area contributed by atoms with Crippen LogP contribution >= 0.6 is 0 Å². The maximum atomic E-state index is 13.9. The Morgan fingerprint density at radius 1 is 1.02 bits per heavy atom. The lowest BCUT2D eigenvalue weighted by molar-refractivity contribution is -0.134. The third-order valence-electron chi connectivity index (χ3n) is 8.65. The van der Waals surface area contributed by atoms with E-state index in [1.54, 1.807) is 13.8 Å². The summed E-state index contributed by atoms with van der Waals surface area (Å²) in [6.45, 7) is 3.40. The van der Waals surface area contributed by atoms with Crippen molar-refractivity contribution in [1.29, 1.82) is 0 Å². The monoisotopic (exact) mass is 553 g/mol. The molecule has 2 heterocycles. The second-order valence-corrected chi connectivity index (χ2v) is 10.3. The molecule has 2 aliphatic carbocycles. The van der Waals surface area contributed by atoms with Gasteiger partial charge in [-0.05, 0) is 30.4 Å². The van der Waals surface area contributed by atoms with Crippen LogP contribution in [0.5, 0.6) is 17.2 Å². The molecule has 2 aromatic rings. The normalized spacial score (nSPS) is 28.6. The van der Waals surface area contributed by atoms with Crippen molar-refractivity contribution in [3.05, 3.63) is 69.5 Å². The average molecular weight is 554 g/mol. The number of carbonyl (C=O) groups excluding carboxylic acids is 2. The molecule has 10 heteroatoms. The number of phenols is 3. The molecule has 0 bridgehead atoms. The number of ether oxygens (including phenoxy) is 2. The number of carboxylic acids is 1. The predicted octanol–water partition coefficient (Wildman–Crippen LogP) is 2.80. The van der Waals surface area contributed by atoms with E-state index in [9.17, 15) is 34.8 Å². The maximum Gasteiger partial charge on any atom is 0.335 e. The molecule has 1 saturated heterocycles. The molecule has 5 atom stereocenters. The number of methoxy groups -OCH3 is 1. The minimum absolute atomic E-state index is 0.00658. The molecule has 2 aliphatic heterocycles. The molecule has 2 aromatic carbocycles. The van der Waals surface area contributed by atoms with Gasteiger partial charge in [0.05, 0.1) is 46.5 Å². The van der Waals surface area contributed by atoms with Crippen LogP contribution in [0.15, 0.2) is 41.7 Å². The summed E-state index contributed by atoms with van der Waals surface area (Å²) < 4.78 is 12.1. The van der Waals surface area contributed by atoms with Gasteiger partial charge in [0.15, 0.2) is 0 Å². The molecule has 0 aromatic heterocycles. The van der Waals surface area contributed by atoms with E-state index in [1.807, 2.05) is 0 Å². The van der Waals surface area contributed by atoms with E-state index >= 15 is 0 Å². The van der Waals surface area contributed by atoms with Crippen LogP contribution in [0.3, 0.4) is 0 Å². The number of fused-ring (bicyclic) bond motifs is 4. The van der Waals surface area contributed by atoms with Gasteiger partial charge in [-0.2, -0.15) is 0 Å². The van der Waals surface area contributed by atoms with Crippen molar-refractivity contribution in [1.82, 2.24) is 0 Å². The largest absolute Gasteiger partial charge is 0.507 e. The Kier molecular flexibility index (Phi) is 5.34. The van der Waals surface area contributed by atoms with E-state index in [1.165, 1.54) is 25.3 Å². The van der Waals surface area contributed by atoms with Gasteiger partial charge in [-0.15, -0.1) is 6.42 Å². The Bertz CT molecular complexity index is 1800. The molecule has 0 amide bonds. The Labute approximate surface area is 233 Å². The summed E-state index contributed by atoms with van der Waals surface area (Å²) >= 11 is 0. The standard InChI is InChI=1S/C31H23NO9/c1-5-6-7-8-9-19-31-13(2)20(29(38)39)28(40-4)14(3)30(31,41-31)15-12-18(35)23-24(25(15)32-19)27(37)22-17(34)11-10-16(33)21(22)26(23)36/h1,6-7,10-14,19,32-35H,2-4H3,(H,38,39)/b7-6-/t13-,14-,19-,30+,31-/m0/s1. The summed E-state index contributed by atoms with van der Waals surface area (Å²) in [6, 6.07) is 2.57. The van der Waals surface area contributed by atoms with E-state index in [0.29, 0.717) is 5.56 Å². The number of rotatable bonds is 2. The summed E-state index contributed by atoms with van der Waals surface area (Å²) in [5.41, 5.74) is -3.56. The first-order valence-corrected chi connectivity index (χ1v) is 12.6. The molecule has 6 rings (SSSR count). The molecular formula is C31H23NO9. The molecule has 0 spiro atoms. The Hall–Kier alpha value is -5.19. The number of epoxide rings is 1. The van der Waals surface area contributed by atoms with Crippen LogP contribution in [-0.2, 0) is 19.9 Å². The quantitative estimate of drug-likeness (QED) is 0.181. The van der Waals surface area contributed by atoms with Crippen molar-refractivity contribution < 1.29 is 44.3 Å². The number of benzene rings is 2. The number of aromatic hydroxyl groups is 3. The van der Waals surface area contributed by atoms with E-state index in [2.05, 4.69) is 23.1 Å². The van der Waals surface area contributed by atoms with E-state index in [0.717, 1.165) is 12.1 Å². The minimum Gasteiger partial charge on any atom is -0.507 e. The smallest absolute Gasteiger partial charge is 0.335 e. The molecule has 10 nitrogen and oxygen atoms in total. The first-order chi connectivity index (χ1) is 19.5. The molecule has 1 fully saturated rings. The van der Waals surface area contributed by atoms with Gasteiger partial charge >= 0.3 is 5.97 Å². The maximum absolute atomic E-state index is 13.9. The first kappa shape index (κ1) is 26.1. The molecule has 5 N–H and O–H groups in total. The van der Waals surface area contributed by atoms with Gasteiger partial charge in [0.25, 0.3) is 0 Å². The van der Waals surface area contributed by atoms with Crippen LogP contribution in [0.2, 0.25) is 0 Å². The molecule has 206 valence electrons. The fourth-order valence-electron chi connectivity index (χ4n) is 7.00. The highest BCUT2D eigenvalue weighted by atomic mass is 16.6. The summed E-state index contributed by atoms with van der Waals surface area (Å²) in [5.74, 6) is 2.42. The lowest BCUT2D eigenvalue weighted by Crippen LogP contribution is -2.55. The number of aliphatic carboxylic acids is 1. The van der Waals surface area contributed by atoms with Crippen LogP contribution in [0.25, 0.3) is 0 Å². The SMILES string of the molecule is C#C/C=C\C#C[C@@H]1Nc2c(cc(O)c3c2C(=O)c2c(O)ccc(O)c2C3=O)[C@@]23O[C@@]12[C@@H](C)C(C(=O)O)=C(OC)[C@@H]3C. The third kappa shape index (κ3) is 2.94. The number of ketones is 2. The van der Waals surface area contributed by atoms with Crippen LogP contribution in [0, 0.1) is 36.0 Å². The molecule has 0 radical (unpaired) electrons. The van der Waals surface area contributed by atoms with Crippen molar-refractivity contribution in [2.75, 3.05) is 12.4 Å². The summed E-state index contributed by atoms with van der Waals surface area (Å²) in [5, 5.41) is 45.5. The van der Waals surface area contributed by atoms with Gasteiger partial charge in [-0.25, -0.2) is 4.79 Å². The minimum atomic E-state index is -1.32. The van der Waals surface area contributed by atoms with Crippen molar-refractivity contribution in [2.24, 2.45) is 11.8 Å². The van der Waals surface area contributed by atoms with Gasteiger partial charge in [-0.3, -0.25) is 9.59 Å². The van der Waals surface area contributed by atoms with Crippen molar-refractivity contribution >= 4 is 23.2 Å². The molecule has 0 saturated carbocycles. The fraction of sp³-hybridized carbons (Fsp3) is 0.258. The number of hydrogen-bond acceptors (Lipinski definition) is 9. The number of anilines is 1. The van der Waals surface area contributed by atoms with E-state index < -0.39 is 75.0 Å². The number of allylic oxidation sites excluding steroid dienone is 2. The van der Waals surface area contributed by atoms with Crippen LogP contribution in [0.4, 0.5) is 5.69 Å². The molecule has 4 aliphatic rings. The second-order valence-electron chi connectivity index (χ2n) is 10.3. The van der Waals surface area contributed by atoms with E-state index in [-0.39, 0.29) is 28.1 Å². The zero-order valence-electron chi connectivity index (χ0n) is 22.0. The Balaban J connectivity index is 1.68. The highest BCUT2D eigenvalue weighted by Crippen LogP contribution is 2.74. The zero-order chi connectivity index (χ0) is 29.6. The lowest BCUT2D eigenvalue weighted by atomic mass is 9.60. The van der Waals surface area contributed by atoms with Crippen LogP contribution < -0.4 is 5.32 Å². The summed E-state index contributed by atoms with van der Waals surface area (Å²) in [7, 11) is 1.36. The zero-order valence-corrected chi connectivity index (χ0v) is 22.0. The Morgan fingerprint density at radius 2 is 1.63 bits per heavy atom.